The third-order valence-corrected chi connectivity index (χ3v) is 8.51. The van der Waals surface area contributed by atoms with Gasteiger partial charge in [-0.3, -0.25) is 4.98 Å². The van der Waals surface area contributed by atoms with Crippen molar-refractivity contribution in [1.29, 1.82) is 0 Å². The van der Waals surface area contributed by atoms with E-state index in [9.17, 15) is 0 Å². The van der Waals surface area contributed by atoms with Gasteiger partial charge in [0.05, 0.1) is 5.72 Å². The largest absolute Gasteiger partial charge is 0.346 e. The molecule has 4 heteroatoms. The van der Waals surface area contributed by atoms with Crippen LogP contribution in [0.2, 0.25) is 6.04 Å². The molecule has 1 aromatic heterocycles. The van der Waals surface area contributed by atoms with Gasteiger partial charge in [0.1, 0.15) is 0 Å². The molecule has 5 aromatic rings. The first-order valence-corrected chi connectivity index (χ1v) is 15.5. The van der Waals surface area contributed by atoms with E-state index in [0.717, 1.165) is 25.6 Å². The van der Waals surface area contributed by atoms with E-state index in [0.29, 0.717) is 0 Å². The number of nitrogens with zero attached hydrogens (tertiary/aromatic N) is 2. The second-order valence-electron chi connectivity index (χ2n) is 9.51. The molecule has 0 unspecified atom stereocenters. The first-order chi connectivity index (χ1) is 18.9. The van der Waals surface area contributed by atoms with Crippen molar-refractivity contribution in [3.63, 3.8) is 0 Å². The lowest BCUT2D eigenvalue weighted by Gasteiger charge is -2.11. The van der Waals surface area contributed by atoms with E-state index in [1.54, 1.807) is 0 Å². The van der Waals surface area contributed by atoms with Crippen LogP contribution >= 0.6 is 0 Å². The number of hydrogen-bond donors (Lipinski definition) is 0. The van der Waals surface area contributed by atoms with Crippen LogP contribution in [0.4, 0.5) is 0 Å². The van der Waals surface area contributed by atoms with E-state index >= 15 is 0 Å². The molecular weight excluding hydrogens is 475 g/mol. The van der Waals surface area contributed by atoms with Gasteiger partial charge >= 0.3 is 0 Å². The lowest BCUT2D eigenvalue weighted by Crippen LogP contribution is -2.29. The molecule has 0 saturated carbocycles. The van der Waals surface area contributed by atoms with E-state index in [1.807, 2.05) is 6.20 Å². The Hall–Kier alpha value is -4.15. The Balaban J connectivity index is 1.25. The number of aromatic nitrogens is 2. The topological polar surface area (TPSA) is 17.8 Å². The summed E-state index contributed by atoms with van der Waals surface area (Å²) in [7, 11) is 0.549. The average Bonchev–Trinajstić information content (AvgIpc) is 3.43. The lowest BCUT2D eigenvalue weighted by molar-refractivity contribution is 0.897. The zero-order valence-corrected chi connectivity index (χ0v) is 23.2. The second kappa shape index (κ2) is 13.4. The summed E-state index contributed by atoms with van der Waals surface area (Å²) in [5.41, 5.74) is 8.83. The number of rotatable bonds is 11. The average molecular weight is 509 g/mol. The summed E-state index contributed by atoms with van der Waals surface area (Å²) in [5.74, 6) is 0. The zero-order chi connectivity index (χ0) is 25.8. The highest BCUT2D eigenvalue weighted by Gasteiger charge is 2.11. The molecule has 0 saturated heterocycles. The van der Waals surface area contributed by atoms with Crippen LogP contribution in [0, 0.1) is 0 Å². The van der Waals surface area contributed by atoms with Crippen LogP contribution in [0.5, 0.6) is 0 Å². The number of benzene rings is 4. The minimum atomic E-state index is -0.276. The SMILES string of the molecule is B(C(=Cc1ccccc1)c1ccccc1)c1nccn1C[SiH2]CCC=C(c1ccccc1)c1ccccc1. The van der Waals surface area contributed by atoms with Crippen LogP contribution < -0.4 is 5.72 Å². The predicted octanol–water partition coefficient (Wildman–Crippen LogP) is 6.21. The lowest BCUT2D eigenvalue weighted by atomic mass is 9.65. The first-order valence-electron chi connectivity index (χ1n) is 13.5. The Labute approximate surface area is 229 Å². The Morgan fingerprint density at radius 2 is 1.26 bits per heavy atom. The van der Waals surface area contributed by atoms with E-state index < -0.39 is 0 Å². The molecule has 2 nitrogen and oxygen atoms in total. The van der Waals surface area contributed by atoms with Gasteiger partial charge < -0.3 is 4.57 Å². The monoisotopic (exact) mass is 508 g/mol. The highest BCUT2D eigenvalue weighted by atomic mass is 28.2. The second-order valence-corrected chi connectivity index (χ2v) is 11.4. The van der Waals surface area contributed by atoms with Gasteiger partial charge in [0, 0.05) is 28.1 Å². The van der Waals surface area contributed by atoms with Gasteiger partial charge in [-0.25, -0.2) is 0 Å². The smallest absolute Gasteiger partial charge is 0.239 e. The van der Waals surface area contributed by atoms with Crippen LogP contribution in [-0.2, 0) is 6.17 Å². The van der Waals surface area contributed by atoms with Crippen molar-refractivity contribution in [2.45, 2.75) is 18.6 Å². The maximum absolute atomic E-state index is 4.76. The summed E-state index contributed by atoms with van der Waals surface area (Å²) in [6, 6.07) is 44.0. The van der Waals surface area contributed by atoms with Gasteiger partial charge in [0.2, 0.25) is 7.28 Å². The van der Waals surface area contributed by atoms with Crippen LogP contribution in [-0.4, -0.2) is 26.4 Å². The van der Waals surface area contributed by atoms with Crippen LogP contribution in [0.3, 0.4) is 0 Å². The third kappa shape index (κ3) is 6.99. The zero-order valence-electron chi connectivity index (χ0n) is 21.8. The Morgan fingerprint density at radius 1 is 0.711 bits per heavy atom. The maximum Gasteiger partial charge on any atom is 0.239 e. The van der Waals surface area contributed by atoms with Gasteiger partial charge in [0.15, 0.2) is 0 Å². The summed E-state index contributed by atoms with van der Waals surface area (Å²) >= 11 is 0. The molecule has 38 heavy (non-hydrogen) atoms. The minimum Gasteiger partial charge on any atom is -0.346 e. The van der Waals surface area contributed by atoms with Crippen molar-refractivity contribution in [2.24, 2.45) is 0 Å². The molecule has 4 aromatic carbocycles. The van der Waals surface area contributed by atoms with E-state index in [1.165, 1.54) is 39.3 Å². The molecule has 0 amide bonds. The Morgan fingerprint density at radius 3 is 1.87 bits per heavy atom. The van der Waals surface area contributed by atoms with Gasteiger partial charge in [-0.05, 0) is 34.2 Å². The van der Waals surface area contributed by atoms with Gasteiger partial charge in [-0.2, -0.15) is 0 Å². The molecule has 0 fully saturated rings. The standard InChI is InChI=1S/C34H33BN2Si/c1-5-14-28(15-6-1)26-33(31-20-11-4-12-21-31)35-34-36-23-24-37(34)27-38-25-13-22-32(29-16-7-2-8-17-29)30-18-9-3-10-19-30/h1-12,14-24,26,35H,13,25,27,38H2. The number of imidazole rings is 1. The van der Waals surface area contributed by atoms with Crippen molar-refractivity contribution < 1.29 is 0 Å². The van der Waals surface area contributed by atoms with E-state index in [4.69, 9.17) is 4.98 Å². The molecule has 1 heterocycles. The van der Waals surface area contributed by atoms with Crippen LogP contribution in [0.25, 0.3) is 17.1 Å². The maximum atomic E-state index is 4.76. The van der Waals surface area contributed by atoms with E-state index in [-0.39, 0.29) is 9.52 Å². The summed E-state index contributed by atoms with van der Waals surface area (Å²) < 4.78 is 2.38. The summed E-state index contributed by atoms with van der Waals surface area (Å²) in [5, 5.41) is 0. The normalized spacial score (nSPS) is 11.5. The minimum absolute atomic E-state index is 0.276. The van der Waals surface area contributed by atoms with Gasteiger partial charge in [-0.1, -0.05) is 145 Å². The number of allylic oxidation sites excluding steroid dienone is 1. The highest BCUT2D eigenvalue weighted by Crippen LogP contribution is 2.24. The van der Waals surface area contributed by atoms with Crippen LogP contribution in [0.15, 0.2) is 140 Å². The Bertz CT molecular complexity index is 1420. The molecule has 0 N–H and O–H groups in total. The van der Waals surface area contributed by atoms with Gasteiger partial charge in [-0.15, -0.1) is 0 Å². The predicted molar refractivity (Wildman–Crippen MR) is 168 cm³/mol. The van der Waals surface area contributed by atoms with Crippen LogP contribution in [0.1, 0.15) is 28.7 Å². The van der Waals surface area contributed by atoms with Crippen molar-refractivity contribution in [1.82, 2.24) is 9.55 Å². The molecule has 0 aliphatic heterocycles. The van der Waals surface area contributed by atoms with E-state index in [2.05, 4.69) is 144 Å². The number of hydrogen-bond acceptors (Lipinski definition) is 1. The summed E-state index contributed by atoms with van der Waals surface area (Å²) in [4.78, 5) is 4.76. The Kier molecular flexibility index (Phi) is 9.00. The molecule has 186 valence electrons. The molecule has 0 radical (unpaired) electrons. The fourth-order valence-corrected chi connectivity index (χ4v) is 6.30. The third-order valence-electron chi connectivity index (χ3n) is 6.81. The molecule has 0 spiro atoms. The molecule has 0 atom stereocenters. The van der Waals surface area contributed by atoms with Crippen molar-refractivity contribution in [3.05, 3.63) is 162 Å². The first kappa shape index (κ1) is 25.5. The highest BCUT2D eigenvalue weighted by molar-refractivity contribution is 6.73. The van der Waals surface area contributed by atoms with Crippen molar-refractivity contribution in [2.75, 3.05) is 0 Å². The van der Waals surface area contributed by atoms with Gasteiger partial charge in [0.25, 0.3) is 0 Å². The fraction of sp³-hybridized carbons (Fsp3) is 0.0882. The molecule has 0 aliphatic carbocycles. The van der Waals surface area contributed by atoms with Crippen molar-refractivity contribution >= 4 is 39.6 Å². The fourth-order valence-electron chi connectivity index (χ4n) is 4.83. The molecule has 0 aliphatic rings. The molecular formula is C34H33BN2Si. The molecule has 5 rings (SSSR count). The summed E-state index contributed by atoms with van der Waals surface area (Å²) in [6.45, 7) is 0. The molecule has 0 bridgehead atoms. The van der Waals surface area contributed by atoms with Crippen molar-refractivity contribution in [3.8, 4) is 0 Å². The summed E-state index contributed by atoms with van der Waals surface area (Å²) in [6.07, 6.45) is 11.1. The quantitative estimate of drug-likeness (QED) is 0.118.